The van der Waals surface area contributed by atoms with Crippen LogP contribution >= 0.6 is 0 Å². The molecule has 4 nitrogen and oxygen atoms in total. The Balaban J connectivity index is 4.49. The second-order valence-electron chi connectivity index (χ2n) is 4.25. The minimum absolute atomic E-state index is 0.360. The van der Waals surface area contributed by atoms with Crippen LogP contribution in [0.1, 0.15) is 34.1 Å². The predicted octanol–water partition coefficient (Wildman–Crippen LogP) is 0.702. The zero-order chi connectivity index (χ0) is 11.4. The van der Waals surface area contributed by atoms with Crippen LogP contribution in [-0.2, 0) is 10.0 Å². The van der Waals surface area contributed by atoms with E-state index >= 15 is 0 Å². The Morgan fingerprint density at radius 2 is 1.86 bits per heavy atom. The van der Waals surface area contributed by atoms with E-state index in [2.05, 4.69) is 10.0 Å². The molecule has 0 aromatic heterocycles. The molecule has 0 aliphatic carbocycles. The number of rotatable bonds is 6. The lowest BCUT2D eigenvalue weighted by atomic mass is 10.0. The van der Waals surface area contributed by atoms with Gasteiger partial charge in [-0.2, -0.15) is 0 Å². The molecule has 0 rings (SSSR count). The number of hydrogen-bond acceptors (Lipinski definition) is 3. The lowest BCUT2D eigenvalue weighted by molar-refractivity contribution is 0.435. The highest BCUT2D eigenvalue weighted by atomic mass is 32.2. The van der Waals surface area contributed by atoms with Gasteiger partial charge in [-0.1, -0.05) is 6.92 Å². The fraction of sp³-hybridized carbons (Fsp3) is 1.00. The summed E-state index contributed by atoms with van der Waals surface area (Å²) in [6.07, 6.45) is 0.776. The largest absolute Gasteiger partial charge is 0.318 e. The van der Waals surface area contributed by atoms with Crippen LogP contribution in [0.15, 0.2) is 0 Å². The molecular weight excluding hydrogens is 200 g/mol. The minimum atomic E-state index is -3.20. The molecule has 0 aliphatic rings. The van der Waals surface area contributed by atoms with E-state index in [1.807, 2.05) is 20.8 Å². The van der Waals surface area contributed by atoms with Gasteiger partial charge in [0.05, 0.1) is 5.25 Å². The molecule has 86 valence electrons. The fourth-order valence-corrected chi connectivity index (χ4v) is 2.46. The average molecular weight is 222 g/mol. The van der Waals surface area contributed by atoms with E-state index in [1.165, 1.54) is 0 Å². The molecule has 5 heteroatoms. The van der Waals surface area contributed by atoms with Gasteiger partial charge in [0.2, 0.25) is 10.0 Å². The maximum absolute atomic E-state index is 11.7. The zero-order valence-electron chi connectivity index (χ0n) is 9.72. The summed E-state index contributed by atoms with van der Waals surface area (Å²) in [7, 11) is -1.46. The molecular formula is C9H22N2O2S. The van der Waals surface area contributed by atoms with Crippen molar-refractivity contribution in [3.63, 3.8) is 0 Å². The molecule has 1 atom stereocenters. The Bertz CT molecular complexity index is 260. The highest BCUT2D eigenvalue weighted by molar-refractivity contribution is 7.90. The van der Waals surface area contributed by atoms with Gasteiger partial charge in [0.25, 0.3) is 0 Å². The third kappa shape index (κ3) is 4.39. The van der Waals surface area contributed by atoms with Gasteiger partial charge in [0.15, 0.2) is 0 Å². The van der Waals surface area contributed by atoms with Crippen molar-refractivity contribution in [2.24, 2.45) is 0 Å². The number of sulfonamides is 1. The topological polar surface area (TPSA) is 58.2 Å². The van der Waals surface area contributed by atoms with Crippen molar-refractivity contribution in [3.05, 3.63) is 0 Å². The first-order chi connectivity index (χ1) is 6.25. The molecule has 0 heterocycles. The number of hydrogen-bond donors (Lipinski definition) is 2. The molecule has 0 fully saturated rings. The molecule has 0 aromatic carbocycles. The first kappa shape index (κ1) is 13.9. The minimum Gasteiger partial charge on any atom is -0.318 e. The SMILES string of the molecule is CCC(C)(C)NS(=O)(=O)C(C)CNC. The lowest BCUT2D eigenvalue weighted by Crippen LogP contribution is -2.48. The Kier molecular flexibility index (Phi) is 5.05. The molecule has 2 N–H and O–H groups in total. The second-order valence-corrected chi connectivity index (χ2v) is 6.35. The Labute approximate surface area is 87.5 Å². The van der Waals surface area contributed by atoms with Crippen molar-refractivity contribution >= 4 is 10.0 Å². The van der Waals surface area contributed by atoms with Crippen molar-refractivity contribution in [1.29, 1.82) is 0 Å². The molecule has 0 saturated carbocycles. The van der Waals surface area contributed by atoms with Crippen molar-refractivity contribution in [1.82, 2.24) is 10.0 Å². The van der Waals surface area contributed by atoms with Crippen LogP contribution in [0.25, 0.3) is 0 Å². The van der Waals surface area contributed by atoms with Crippen molar-refractivity contribution in [3.8, 4) is 0 Å². The van der Waals surface area contributed by atoms with Gasteiger partial charge in [-0.3, -0.25) is 0 Å². The van der Waals surface area contributed by atoms with E-state index in [0.29, 0.717) is 6.54 Å². The van der Waals surface area contributed by atoms with Crippen LogP contribution in [0.5, 0.6) is 0 Å². The first-order valence-electron chi connectivity index (χ1n) is 4.92. The average Bonchev–Trinajstić information content (AvgIpc) is 2.03. The quantitative estimate of drug-likeness (QED) is 0.695. The standard InChI is InChI=1S/C9H22N2O2S/c1-6-9(3,4)11-14(12,13)8(2)7-10-5/h8,10-11H,6-7H2,1-5H3. The van der Waals surface area contributed by atoms with Crippen LogP contribution in [0.2, 0.25) is 0 Å². The molecule has 0 saturated heterocycles. The summed E-state index contributed by atoms with van der Waals surface area (Å²) < 4.78 is 26.2. The molecule has 0 amide bonds. The Hall–Kier alpha value is -0.130. The Morgan fingerprint density at radius 1 is 1.36 bits per heavy atom. The molecule has 0 aromatic rings. The van der Waals surface area contributed by atoms with Crippen molar-refractivity contribution in [2.75, 3.05) is 13.6 Å². The van der Waals surface area contributed by atoms with Gasteiger partial charge in [0.1, 0.15) is 0 Å². The lowest BCUT2D eigenvalue weighted by Gasteiger charge is -2.26. The monoisotopic (exact) mass is 222 g/mol. The molecule has 0 radical (unpaired) electrons. The molecule has 1 unspecified atom stereocenters. The normalized spacial score (nSPS) is 15.5. The summed E-state index contributed by atoms with van der Waals surface area (Å²) in [4.78, 5) is 0. The van der Waals surface area contributed by atoms with Crippen LogP contribution in [-0.4, -0.2) is 32.8 Å². The van der Waals surface area contributed by atoms with Crippen LogP contribution in [0, 0.1) is 0 Å². The maximum atomic E-state index is 11.7. The zero-order valence-corrected chi connectivity index (χ0v) is 10.5. The van der Waals surface area contributed by atoms with Gasteiger partial charge in [0, 0.05) is 12.1 Å². The molecule has 0 spiro atoms. The van der Waals surface area contributed by atoms with E-state index < -0.39 is 15.3 Å². The van der Waals surface area contributed by atoms with Crippen LogP contribution in [0.4, 0.5) is 0 Å². The fourth-order valence-electron chi connectivity index (χ4n) is 0.955. The van der Waals surface area contributed by atoms with E-state index in [1.54, 1.807) is 14.0 Å². The van der Waals surface area contributed by atoms with Crippen LogP contribution in [0.3, 0.4) is 0 Å². The first-order valence-corrected chi connectivity index (χ1v) is 6.47. The predicted molar refractivity (Wildman–Crippen MR) is 59.8 cm³/mol. The highest BCUT2D eigenvalue weighted by Gasteiger charge is 2.27. The molecule has 0 bridgehead atoms. The van der Waals surface area contributed by atoms with E-state index in [9.17, 15) is 8.42 Å². The van der Waals surface area contributed by atoms with E-state index in [-0.39, 0.29) is 5.54 Å². The highest BCUT2D eigenvalue weighted by Crippen LogP contribution is 2.11. The van der Waals surface area contributed by atoms with Gasteiger partial charge in [-0.05, 0) is 34.2 Å². The third-order valence-corrected chi connectivity index (χ3v) is 4.39. The second kappa shape index (κ2) is 5.09. The van der Waals surface area contributed by atoms with Crippen molar-refractivity contribution < 1.29 is 8.42 Å². The summed E-state index contributed by atoms with van der Waals surface area (Å²) in [5.74, 6) is 0. The molecule has 0 aliphatic heterocycles. The Morgan fingerprint density at radius 3 is 2.21 bits per heavy atom. The summed E-state index contributed by atoms with van der Waals surface area (Å²) in [6.45, 7) is 7.90. The summed E-state index contributed by atoms with van der Waals surface area (Å²) in [5, 5.41) is 2.45. The summed E-state index contributed by atoms with van der Waals surface area (Å²) in [6, 6.07) is 0. The summed E-state index contributed by atoms with van der Waals surface area (Å²) >= 11 is 0. The van der Waals surface area contributed by atoms with E-state index in [0.717, 1.165) is 6.42 Å². The third-order valence-electron chi connectivity index (χ3n) is 2.32. The maximum Gasteiger partial charge on any atom is 0.215 e. The van der Waals surface area contributed by atoms with Crippen LogP contribution < -0.4 is 10.0 Å². The summed E-state index contributed by atoms with van der Waals surface area (Å²) in [5.41, 5.74) is -0.360. The van der Waals surface area contributed by atoms with Gasteiger partial charge in [-0.25, -0.2) is 13.1 Å². The smallest absolute Gasteiger partial charge is 0.215 e. The van der Waals surface area contributed by atoms with Gasteiger partial charge >= 0.3 is 0 Å². The molecule has 14 heavy (non-hydrogen) atoms. The van der Waals surface area contributed by atoms with Gasteiger partial charge < -0.3 is 5.32 Å². The van der Waals surface area contributed by atoms with Gasteiger partial charge in [-0.15, -0.1) is 0 Å². The number of nitrogens with one attached hydrogen (secondary N) is 2. The van der Waals surface area contributed by atoms with Crippen molar-refractivity contribution in [2.45, 2.75) is 44.9 Å². The van der Waals surface area contributed by atoms with E-state index in [4.69, 9.17) is 0 Å².